The van der Waals surface area contributed by atoms with Gasteiger partial charge in [0.15, 0.2) is 5.90 Å². The second kappa shape index (κ2) is 2.13. The number of nitrogens with two attached hydrogens (primary N) is 1. The van der Waals surface area contributed by atoms with Gasteiger partial charge in [0, 0.05) is 0 Å². The van der Waals surface area contributed by atoms with Crippen molar-refractivity contribution in [1.29, 1.82) is 5.41 Å². The van der Waals surface area contributed by atoms with Crippen LogP contribution in [-0.4, -0.2) is 18.5 Å². The maximum Gasteiger partial charge on any atom is 0.200 e. The Bertz CT molecular complexity index is 93.1. The third-order valence-corrected chi connectivity index (χ3v) is 0.789. The molecule has 0 unspecified atom stereocenters. The fourth-order valence-corrected chi connectivity index (χ4v) is 0.263. The van der Waals surface area contributed by atoms with Gasteiger partial charge in [-0.2, -0.15) is 0 Å². The number of ether oxygens (including phenoxy) is 1. The standard InChI is InChI=1S/C5H12N2O/c1-5(2,7)4(6)8-3/h6H,7H2,1-3H3. The highest BCUT2D eigenvalue weighted by Crippen LogP contribution is 1.97. The number of hydrogen-bond donors (Lipinski definition) is 2. The molecule has 0 saturated carbocycles. The maximum absolute atomic E-state index is 7.04. The van der Waals surface area contributed by atoms with Crippen molar-refractivity contribution in [2.45, 2.75) is 19.4 Å². The first-order valence-electron chi connectivity index (χ1n) is 2.40. The number of hydrogen-bond acceptors (Lipinski definition) is 3. The van der Waals surface area contributed by atoms with Crippen molar-refractivity contribution in [1.82, 2.24) is 0 Å². The van der Waals surface area contributed by atoms with E-state index in [9.17, 15) is 0 Å². The van der Waals surface area contributed by atoms with E-state index in [1.165, 1.54) is 7.11 Å². The molecule has 8 heavy (non-hydrogen) atoms. The highest BCUT2D eigenvalue weighted by atomic mass is 16.5. The van der Waals surface area contributed by atoms with Gasteiger partial charge in [-0.25, -0.2) is 0 Å². The lowest BCUT2D eigenvalue weighted by atomic mass is 10.1. The molecule has 0 heterocycles. The largest absolute Gasteiger partial charge is 0.483 e. The van der Waals surface area contributed by atoms with E-state index < -0.39 is 5.54 Å². The fourth-order valence-electron chi connectivity index (χ4n) is 0.263. The van der Waals surface area contributed by atoms with Crippen molar-refractivity contribution < 1.29 is 4.74 Å². The summed E-state index contributed by atoms with van der Waals surface area (Å²) in [4.78, 5) is 0. The van der Waals surface area contributed by atoms with Crippen LogP contribution in [0.5, 0.6) is 0 Å². The average molecular weight is 116 g/mol. The Balaban J connectivity index is 3.82. The molecule has 0 aromatic carbocycles. The highest BCUT2D eigenvalue weighted by molar-refractivity contribution is 5.81. The molecule has 0 bridgehead atoms. The van der Waals surface area contributed by atoms with Gasteiger partial charge in [-0.1, -0.05) is 0 Å². The van der Waals surface area contributed by atoms with Crippen LogP contribution in [0.25, 0.3) is 0 Å². The van der Waals surface area contributed by atoms with E-state index in [0.29, 0.717) is 0 Å². The second-order valence-corrected chi connectivity index (χ2v) is 2.25. The quantitative estimate of drug-likeness (QED) is 0.383. The Hall–Kier alpha value is -0.570. The first-order valence-corrected chi connectivity index (χ1v) is 2.40. The lowest BCUT2D eigenvalue weighted by Crippen LogP contribution is -2.41. The monoisotopic (exact) mass is 116 g/mol. The Morgan fingerprint density at radius 3 is 2.00 bits per heavy atom. The van der Waals surface area contributed by atoms with Crippen molar-refractivity contribution >= 4 is 5.90 Å². The first-order chi connectivity index (χ1) is 3.48. The van der Waals surface area contributed by atoms with Crippen molar-refractivity contribution in [3.8, 4) is 0 Å². The molecule has 0 fully saturated rings. The Morgan fingerprint density at radius 2 is 2.00 bits per heavy atom. The average Bonchev–Trinajstić information content (AvgIpc) is 1.62. The molecule has 0 aliphatic heterocycles. The Labute approximate surface area is 49.3 Å². The summed E-state index contributed by atoms with van der Waals surface area (Å²) in [6.45, 7) is 3.44. The molecule has 0 aliphatic rings. The molecule has 3 heteroatoms. The van der Waals surface area contributed by atoms with E-state index in [4.69, 9.17) is 11.1 Å². The Morgan fingerprint density at radius 1 is 1.62 bits per heavy atom. The minimum Gasteiger partial charge on any atom is -0.483 e. The van der Waals surface area contributed by atoms with Gasteiger partial charge in [0.2, 0.25) is 0 Å². The van der Waals surface area contributed by atoms with E-state index in [-0.39, 0.29) is 5.90 Å². The molecule has 3 N–H and O–H groups in total. The summed E-state index contributed by atoms with van der Waals surface area (Å²) in [6, 6.07) is 0. The molecule has 0 saturated heterocycles. The highest BCUT2D eigenvalue weighted by Gasteiger charge is 2.17. The minimum atomic E-state index is -0.630. The van der Waals surface area contributed by atoms with E-state index in [1.54, 1.807) is 13.8 Å². The first kappa shape index (κ1) is 7.43. The van der Waals surface area contributed by atoms with E-state index in [2.05, 4.69) is 4.74 Å². The predicted molar refractivity (Wildman–Crippen MR) is 33.0 cm³/mol. The zero-order chi connectivity index (χ0) is 6.78. The third-order valence-electron chi connectivity index (χ3n) is 0.789. The summed E-state index contributed by atoms with van der Waals surface area (Å²) < 4.78 is 4.57. The zero-order valence-corrected chi connectivity index (χ0v) is 5.49. The summed E-state index contributed by atoms with van der Waals surface area (Å²) in [5.74, 6) is 0.109. The van der Waals surface area contributed by atoms with Crippen LogP contribution in [0.4, 0.5) is 0 Å². The van der Waals surface area contributed by atoms with Crippen LogP contribution in [0.3, 0.4) is 0 Å². The molecule has 0 rings (SSSR count). The summed E-state index contributed by atoms with van der Waals surface area (Å²) >= 11 is 0. The van der Waals surface area contributed by atoms with Gasteiger partial charge in [0.05, 0.1) is 12.6 Å². The van der Waals surface area contributed by atoms with Crippen LogP contribution < -0.4 is 5.73 Å². The molecule has 0 amide bonds. The smallest absolute Gasteiger partial charge is 0.200 e. The summed E-state index contributed by atoms with van der Waals surface area (Å²) in [7, 11) is 1.44. The number of nitrogens with one attached hydrogen (secondary N) is 1. The molecular formula is C5H12N2O. The maximum atomic E-state index is 7.04. The van der Waals surface area contributed by atoms with Gasteiger partial charge in [0.25, 0.3) is 0 Å². The molecular weight excluding hydrogens is 104 g/mol. The van der Waals surface area contributed by atoms with E-state index in [0.717, 1.165) is 0 Å². The van der Waals surface area contributed by atoms with Gasteiger partial charge < -0.3 is 10.5 Å². The van der Waals surface area contributed by atoms with Crippen LogP contribution in [0.2, 0.25) is 0 Å². The fraction of sp³-hybridized carbons (Fsp3) is 0.800. The van der Waals surface area contributed by atoms with Crippen LogP contribution in [0.1, 0.15) is 13.8 Å². The van der Waals surface area contributed by atoms with Gasteiger partial charge >= 0.3 is 0 Å². The van der Waals surface area contributed by atoms with Gasteiger partial charge in [-0.3, -0.25) is 5.41 Å². The summed E-state index contributed by atoms with van der Waals surface area (Å²) in [5, 5.41) is 7.04. The molecule has 48 valence electrons. The predicted octanol–water partition coefficient (Wildman–Crippen LogP) is 0.347. The normalized spacial score (nSPS) is 11.0. The van der Waals surface area contributed by atoms with Gasteiger partial charge in [0.1, 0.15) is 0 Å². The summed E-state index contributed by atoms with van der Waals surface area (Å²) in [5.41, 5.74) is 4.81. The van der Waals surface area contributed by atoms with Gasteiger partial charge in [-0.05, 0) is 13.8 Å². The van der Waals surface area contributed by atoms with Crippen LogP contribution in [0.15, 0.2) is 0 Å². The van der Waals surface area contributed by atoms with Crippen molar-refractivity contribution in [2.24, 2.45) is 5.73 Å². The van der Waals surface area contributed by atoms with Crippen LogP contribution in [0, 0.1) is 5.41 Å². The SMILES string of the molecule is COC(=N)C(C)(C)N. The topological polar surface area (TPSA) is 59.1 Å². The molecule has 0 atom stereocenters. The van der Waals surface area contributed by atoms with Gasteiger partial charge in [-0.15, -0.1) is 0 Å². The Kier molecular flexibility index (Phi) is 1.98. The van der Waals surface area contributed by atoms with Crippen LogP contribution in [-0.2, 0) is 4.74 Å². The van der Waals surface area contributed by atoms with Crippen molar-refractivity contribution in [2.75, 3.05) is 7.11 Å². The molecule has 3 nitrogen and oxygen atoms in total. The third kappa shape index (κ3) is 1.93. The molecule has 0 radical (unpaired) electrons. The molecule has 0 aromatic heterocycles. The lowest BCUT2D eigenvalue weighted by molar-refractivity contribution is 0.356. The number of rotatable bonds is 1. The summed E-state index contributed by atoms with van der Waals surface area (Å²) in [6.07, 6.45) is 0. The second-order valence-electron chi connectivity index (χ2n) is 2.25. The van der Waals surface area contributed by atoms with Crippen LogP contribution >= 0.6 is 0 Å². The molecule has 0 spiro atoms. The van der Waals surface area contributed by atoms with E-state index in [1.807, 2.05) is 0 Å². The minimum absolute atomic E-state index is 0.109. The zero-order valence-electron chi connectivity index (χ0n) is 5.49. The lowest BCUT2D eigenvalue weighted by Gasteiger charge is -2.17. The molecule has 0 aromatic rings. The molecule has 0 aliphatic carbocycles. The van der Waals surface area contributed by atoms with Crippen molar-refractivity contribution in [3.05, 3.63) is 0 Å². The van der Waals surface area contributed by atoms with Crippen molar-refractivity contribution in [3.63, 3.8) is 0 Å². The van der Waals surface area contributed by atoms with E-state index >= 15 is 0 Å². The number of methoxy groups -OCH3 is 1.